The molecule has 1 amide bonds. The number of carbonyl (C=O) groups excluding carboxylic acids is 1. The number of hydrogen-bond acceptors (Lipinski definition) is 7. The zero-order chi connectivity index (χ0) is 18.6. The van der Waals surface area contributed by atoms with Crippen LogP contribution in [0.4, 0.5) is 5.69 Å². The molecule has 0 atom stereocenters. The van der Waals surface area contributed by atoms with Gasteiger partial charge < -0.3 is 14.5 Å². The summed E-state index contributed by atoms with van der Waals surface area (Å²) in [6.07, 6.45) is 3.77. The molecule has 0 radical (unpaired) electrons. The van der Waals surface area contributed by atoms with E-state index in [2.05, 4.69) is 20.5 Å². The van der Waals surface area contributed by atoms with Crippen LogP contribution in [0.15, 0.2) is 39.7 Å². The molecule has 3 aromatic heterocycles. The van der Waals surface area contributed by atoms with E-state index >= 15 is 0 Å². The second kappa shape index (κ2) is 7.65. The van der Waals surface area contributed by atoms with Gasteiger partial charge in [-0.2, -0.15) is 11.3 Å². The number of nitrogens with zero attached hydrogens (tertiary/aromatic N) is 3. The minimum absolute atomic E-state index is 0.174. The van der Waals surface area contributed by atoms with Gasteiger partial charge in [0, 0.05) is 36.0 Å². The number of rotatable bonds is 6. The molecule has 1 N–H and O–H groups in total. The summed E-state index contributed by atoms with van der Waals surface area (Å²) in [6, 6.07) is 3.64. The molecule has 26 heavy (non-hydrogen) atoms. The maximum absolute atomic E-state index is 12.3. The predicted molar refractivity (Wildman–Crippen MR) is 99.2 cm³/mol. The second-order valence-corrected chi connectivity index (χ2v) is 7.43. The molecule has 0 bridgehead atoms. The van der Waals surface area contributed by atoms with Gasteiger partial charge in [0.25, 0.3) is 0 Å². The van der Waals surface area contributed by atoms with Gasteiger partial charge in [-0.15, -0.1) is 10.2 Å². The van der Waals surface area contributed by atoms with Crippen molar-refractivity contribution in [3.63, 3.8) is 0 Å². The lowest BCUT2D eigenvalue weighted by molar-refractivity contribution is -0.116. The highest BCUT2D eigenvalue weighted by atomic mass is 32.1. The van der Waals surface area contributed by atoms with E-state index in [4.69, 9.17) is 9.15 Å². The fourth-order valence-electron chi connectivity index (χ4n) is 2.19. The lowest BCUT2D eigenvalue weighted by Gasteiger charge is -2.23. The number of carbonyl (C=O) groups is 1. The second-order valence-electron chi connectivity index (χ2n) is 6.65. The number of anilines is 1. The standard InChI is InChI=1S/C18H20N4O3S/c1-18(2,3)25-14-6-8-19-10-13(14)20-15(23)4-5-16-21-22-17(24-16)12-7-9-26-11-12/h6-11H,4-5H2,1-3H3,(H,20,23). The number of aryl methyl sites for hydroxylation is 1. The van der Waals surface area contributed by atoms with Gasteiger partial charge in [-0.25, -0.2) is 0 Å². The molecule has 0 aliphatic carbocycles. The molecule has 136 valence electrons. The summed E-state index contributed by atoms with van der Waals surface area (Å²) in [6.45, 7) is 5.83. The average molecular weight is 372 g/mol. The Hall–Kier alpha value is -2.74. The number of amides is 1. The Morgan fingerprint density at radius 3 is 2.88 bits per heavy atom. The van der Waals surface area contributed by atoms with Gasteiger partial charge >= 0.3 is 0 Å². The molecule has 0 fully saturated rings. The lowest BCUT2D eigenvalue weighted by atomic mass is 10.2. The Labute approximate surface area is 155 Å². The van der Waals surface area contributed by atoms with Gasteiger partial charge in [-0.05, 0) is 32.2 Å². The van der Waals surface area contributed by atoms with Gasteiger partial charge in [0.1, 0.15) is 17.0 Å². The van der Waals surface area contributed by atoms with E-state index in [1.807, 2.05) is 37.6 Å². The molecule has 3 heterocycles. The van der Waals surface area contributed by atoms with Crippen LogP contribution in [0.5, 0.6) is 5.75 Å². The largest absolute Gasteiger partial charge is 0.486 e. The van der Waals surface area contributed by atoms with Crippen molar-refractivity contribution in [2.45, 2.75) is 39.2 Å². The van der Waals surface area contributed by atoms with Crippen molar-refractivity contribution in [2.75, 3.05) is 5.32 Å². The van der Waals surface area contributed by atoms with Crippen LogP contribution >= 0.6 is 11.3 Å². The average Bonchev–Trinajstić information content (AvgIpc) is 3.24. The summed E-state index contributed by atoms with van der Waals surface area (Å²) < 4.78 is 11.4. The molecule has 0 saturated carbocycles. The SMILES string of the molecule is CC(C)(C)Oc1ccncc1NC(=O)CCc1nnc(-c2ccsc2)o1. The molecular formula is C18H20N4O3S. The maximum atomic E-state index is 12.3. The summed E-state index contributed by atoms with van der Waals surface area (Å²) in [5.74, 6) is 1.30. The Kier molecular flexibility index (Phi) is 5.32. The summed E-state index contributed by atoms with van der Waals surface area (Å²) in [5.41, 5.74) is 1.05. The van der Waals surface area contributed by atoms with Crippen molar-refractivity contribution >= 4 is 22.9 Å². The Bertz CT molecular complexity index is 869. The number of pyridine rings is 1. The quantitative estimate of drug-likeness (QED) is 0.705. The van der Waals surface area contributed by atoms with E-state index in [0.717, 1.165) is 5.56 Å². The van der Waals surface area contributed by atoms with E-state index in [9.17, 15) is 4.79 Å². The van der Waals surface area contributed by atoms with Gasteiger partial charge in [0.15, 0.2) is 0 Å². The van der Waals surface area contributed by atoms with Gasteiger partial charge in [0.2, 0.25) is 17.7 Å². The van der Waals surface area contributed by atoms with Crippen LogP contribution < -0.4 is 10.1 Å². The molecule has 8 heteroatoms. The molecule has 0 spiro atoms. The summed E-state index contributed by atoms with van der Waals surface area (Å²) in [7, 11) is 0. The van der Waals surface area contributed by atoms with Crippen LogP contribution in [-0.2, 0) is 11.2 Å². The first-order valence-electron chi connectivity index (χ1n) is 8.18. The minimum Gasteiger partial charge on any atom is -0.486 e. The van der Waals surface area contributed by atoms with Crippen LogP contribution in [0, 0.1) is 0 Å². The van der Waals surface area contributed by atoms with E-state index < -0.39 is 0 Å². The van der Waals surface area contributed by atoms with Gasteiger partial charge in [-0.1, -0.05) is 0 Å². The molecule has 0 unspecified atom stereocenters. The molecule has 0 aliphatic heterocycles. The minimum atomic E-state index is -0.372. The van der Waals surface area contributed by atoms with Crippen LogP contribution in [-0.4, -0.2) is 26.7 Å². The number of aromatic nitrogens is 3. The zero-order valence-corrected chi connectivity index (χ0v) is 15.7. The van der Waals surface area contributed by atoms with E-state index in [1.54, 1.807) is 29.8 Å². The molecule has 0 saturated heterocycles. The lowest BCUT2D eigenvalue weighted by Crippen LogP contribution is -2.24. The van der Waals surface area contributed by atoms with E-state index in [0.29, 0.717) is 29.6 Å². The fourth-order valence-corrected chi connectivity index (χ4v) is 2.81. The first-order chi connectivity index (χ1) is 12.4. The maximum Gasteiger partial charge on any atom is 0.248 e. The number of ether oxygens (including phenoxy) is 1. The summed E-state index contributed by atoms with van der Waals surface area (Å²) in [4.78, 5) is 16.3. The van der Waals surface area contributed by atoms with Crippen molar-refractivity contribution in [1.82, 2.24) is 15.2 Å². The van der Waals surface area contributed by atoms with E-state index in [1.165, 1.54) is 0 Å². The molecule has 7 nitrogen and oxygen atoms in total. The first-order valence-corrected chi connectivity index (χ1v) is 9.13. The highest BCUT2D eigenvalue weighted by Gasteiger charge is 2.16. The molecular weight excluding hydrogens is 352 g/mol. The van der Waals surface area contributed by atoms with Crippen LogP contribution in [0.2, 0.25) is 0 Å². The number of thiophene rings is 1. The van der Waals surface area contributed by atoms with E-state index in [-0.39, 0.29) is 17.9 Å². The highest BCUT2D eigenvalue weighted by molar-refractivity contribution is 7.08. The zero-order valence-electron chi connectivity index (χ0n) is 14.9. The van der Waals surface area contributed by atoms with Crippen molar-refractivity contribution in [2.24, 2.45) is 0 Å². The van der Waals surface area contributed by atoms with Crippen molar-refractivity contribution in [1.29, 1.82) is 0 Å². The predicted octanol–water partition coefficient (Wildman–Crippen LogP) is 3.94. The summed E-state index contributed by atoms with van der Waals surface area (Å²) >= 11 is 1.56. The van der Waals surface area contributed by atoms with Crippen LogP contribution in [0.1, 0.15) is 33.1 Å². The molecule has 0 aromatic carbocycles. The van der Waals surface area contributed by atoms with Crippen molar-refractivity contribution in [3.05, 3.63) is 41.2 Å². The molecule has 3 rings (SSSR count). The number of nitrogens with one attached hydrogen (secondary N) is 1. The van der Waals surface area contributed by atoms with Gasteiger partial charge in [0.05, 0.1) is 6.20 Å². The Morgan fingerprint density at radius 1 is 1.31 bits per heavy atom. The Balaban J connectivity index is 1.58. The molecule has 3 aromatic rings. The summed E-state index contributed by atoms with van der Waals surface area (Å²) in [5, 5.41) is 14.7. The van der Waals surface area contributed by atoms with Crippen molar-refractivity contribution < 1.29 is 13.9 Å². The molecule has 0 aliphatic rings. The highest BCUT2D eigenvalue weighted by Crippen LogP contribution is 2.27. The monoisotopic (exact) mass is 372 g/mol. The van der Waals surface area contributed by atoms with Crippen molar-refractivity contribution in [3.8, 4) is 17.2 Å². The first kappa shape index (κ1) is 18.1. The number of hydrogen-bond donors (Lipinski definition) is 1. The smallest absolute Gasteiger partial charge is 0.248 e. The third-order valence-corrected chi connectivity index (χ3v) is 3.96. The third kappa shape index (κ3) is 4.89. The fraction of sp³-hybridized carbons (Fsp3) is 0.333. The topological polar surface area (TPSA) is 90.1 Å². The Morgan fingerprint density at radius 2 is 2.15 bits per heavy atom. The normalized spacial score (nSPS) is 11.3. The van der Waals surface area contributed by atoms with Crippen LogP contribution in [0.25, 0.3) is 11.5 Å². The van der Waals surface area contributed by atoms with Crippen LogP contribution in [0.3, 0.4) is 0 Å². The third-order valence-electron chi connectivity index (χ3n) is 3.27. The van der Waals surface area contributed by atoms with Gasteiger partial charge in [-0.3, -0.25) is 9.78 Å².